The van der Waals surface area contributed by atoms with Crippen LogP contribution < -0.4 is 14.8 Å². The van der Waals surface area contributed by atoms with Gasteiger partial charge in [0.15, 0.2) is 11.0 Å². The van der Waals surface area contributed by atoms with Crippen molar-refractivity contribution >= 4 is 70.7 Å². The first-order chi connectivity index (χ1) is 14.8. The largest absolute Gasteiger partial charge is 0.497 e. The highest BCUT2D eigenvalue weighted by Gasteiger charge is 2.36. The highest BCUT2D eigenvalue weighted by atomic mass is 35.5. The Kier molecular flexibility index (Phi) is 7.85. The molecule has 0 aliphatic rings. The SMILES string of the molecule is COc1ccc(P(C(=O)c2c(Cl)cccc2Cl)C(=O)c2c(Cl)cccc2Cl)c(OC)c1. The topological polar surface area (TPSA) is 52.6 Å². The molecule has 0 radical (unpaired) electrons. The van der Waals surface area contributed by atoms with E-state index in [0.717, 1.165) is 0 Å². The van der Waals surface area contributed by atoms with Gasteiger partial charge in [0.1, 0.15) is 11.5 Å². The second-order valence-electron chi connectivity index (χ2n) is 6.18. The maximum Gasteiger partial charge on any atom is 0.199 e. The van der Waals surface area contributed by atoms with Crippen LogP contribution in [0.15, 0.2) is 54.6 Å². The predicted octanol–water partition coefficient (Wildman–Crippen LogP) is 7.11. The molecule has 0 fully saturated rings. The number of hydrogen-bond acceptors (Lipinski definition) is 4. The molecular weight excluding hydrogens is 501 g/mol. The molecule has 3 aromatic carbocycles. The van der Waals surface area contributed by atoms with E-state index in [1.165, 1.54) is 38.5 Å². The molecule has 0 N–H and O–H groups in total. The number of hydrogen-bond donors (Lipinski definition) is 0. The normalized spacial score (nSPS) is 10.8. The summed E-state index contributed by atoms with van der Waals surface area (Å²) in [5.41, 5.74) is -0.997. The maximum atomic E-state index is 13.7. The minimum absolute atomic E-state index is 0.0475. The van der Waals surface area contributed by atoms with Gasteiger partial charge in [0.05, 0.1) is 53.4 Å². The Morgan fingerprint density at radius 2 is 1.16 bits per heavy atom. The first-order valence-corrected chi connectivity index (χ1v) is 11.6. The van der Waals surface area contributed by atoms with E-state index in [4.69, 9.17) is 55.9 Å². The fraction of sp³-hybridized carbons (Fsp3) is 0.0909. The summed E-state index contributed by atoms with van der Waals surface area (Å²) in [5, 5.41) is 0.900. The van der Waals surface area contributed by atoms with Gasteiger partial charge in [0.25, 0.3) is 0 Å². The van der Waals surface area contributed by atoms with Gasteiger partial charge in [-0.25, -0.2) is 0 Å². The third-order valence-corrected chi connectivity index (χ3v) is 7.76. The Balaban J connectivity index is 2.27. The van der Waals surface area contributed by atoms with Crippen molar-refractivity contribution in [1.82, 2.24) is 0 Å². The predicted molar refractivity (Wildman–Crippen MR) is 128 cm³/mol. The van der Waals surface area contributed by atoms with E-state index in [9.17, 15) is 9.59 Å². The van der Waals surface area contributed by atoms with Crippen LogP contribution in [0.25, 0.3) is 0 Å². The summed E-state index contributed by atoms with van der Waals surface area (Å²) in [7, 11) is 0.701. The standard InChI is InChI=1S/C22H15Cl4O4P/c1-29-12-9-10-18(17(11-12)30-2)31(21(27)19-13(23)5-3-6-14(19)24)22(28)20-15(25)7-4-8-16(20)26/h3-11H,1-2H3. The molecule has 0 unspecified atom stereocenters. The van der Waals surface area contributed by atoms with Crippen molar-refractivity contribution in [2.24, 2.45) is 0 Å². The second kappa shape index (κ2) is 10.2. The van der Waals surface area contributed by atoms with Gasteiger partial charge < -0.3 is 9.47 Å². The van der Waals surface area contributed by atoms with E-state index < -0.39 is 19.0 Å². The van der Waals surface area contributed by atoms with Gasteiger partial charge in [-0.3, -0.25) is 9.59 Å². The van der Waals surface area contributed by atoms with Crippen LogP contribution in [0, 0.1) is 0 Å². The number of benzene rings is 3. The molecule has 0 aliphatic carbocycles. The molecule has 0 bridgehead atoms. The quantitative estimate of drug-likeness (QED) is 0.315. The Hall–Kier alpha value is -1.81. The van der Waals surface area contributed by atoms with Crippen molar-refractivity contribution in [3.63, 3.8) is 0 Å². The van der Waals surface area contributed by atoms with Gasteiger partial charge in [0, 0.05) is 11.4 Å². The molecule has 0 spiro atoms. The van der Waals surface area contributed by atoms with Crippen molar-refractivity contribution in [2.75, 3.05) is 14.2 Å². The minimum Gasteiger partial charge on any atom is -0.497 e. The summed E-state index contributed by atoms with van der Waals surface area (Å²) in [5.74, 6) is 0.806. The lowest BCUT2D eigenvalue weighted by Gasteiger charge is -2.21. The molecule has 0 amide bonds. The van der Waals surface area contributed by atoms with Crippen LogP contribution >= 0.6 is 54.3 Å². The molecule has 0 saturated carbocycles. The molecule has 0 heterocycles. The Morgan fingerprint density at radius 3 is 1.55 bits per heavy atom. The van der Waals surface area contributed by atoms with E-state index in [0.29, 0.717) is 16.8 Å². The third kappa shape index (κ3) is 4.84. The van der Waals surface area contributed by atoms with E-state index in [-0.39, 0.29) is 31.2 Å². The summed E-state index contributed by atoms with van der Waals surface area (Å²) < 4.78 is 10.7. The average molecular weight is 516 g/mol. The van der Waals surface area contributed by atoms with Crippen LogP contribution in [-0.2, 0) is 0 Å². The molecule has 0 atom stereocenters. The van der Waals surface area contributed by atoms with E-state index in [2.05, 4.69) is 0 Å². The molecule has 0 aliphatic heterocycles. The molecule has 9 heteroatoms. The summed E-state index contributed by atoms with van der Waals surface area (Å²) in [6.07, 6.45) is 0. The number of ether oxygens (including phenoxy) is 2. The zero-order valence-electron chi connectivity index (χ0n) is 16.3. The maximum absolute atomic E-state index is 13.7. The number of carbonyl (C=O) groups is 2. The minimum atomic E-state index is -2.24. The number of methoxy groups -OCH3 is 2. The van der Waals surface area contributed by atoms with Gasteiger partial charge in [-0.2, -0.15) is 0 Å². The fourth-order valence-electron chi connectivity index (χ4n) is 2.91. The van der Waals surface area contributed by atoms with Crippen molar-refractivity contribution < 1.29 is 19.1 Å². The molecule has 0 aromatic heterocycles. The summed E-state index contributed by atoms with van der Waals surface area (Å²) in [4.78, 5) is 27.4. The lowest BCUT2D eigenvalue weighted by molar-refractivity contribution is 0.105. The number of halogens is 4. The van der Waals surface area contributed by atoms with Gasteiger partial charge in [0.2, 0.25) is 0 Å². The first kappa shape index (κ1) is 23.8. The lowest BCUT2D eigenvalue weighted by atomic mass is 10.2. The summed E-state index contributed by atoms with van der Waals surface area (Å²) >= 11 is 25.1. The molecule has 31 heavy (non-hydrogen) atoms. The van der Waals surface area contributed by atoms with Crippen molar-refractivity contribution in [2.45, 2.75) is 0 Å². The number of carbonyl (C=O) groups excluding carboxylic acids is 2. The van der Waals surface area contributed by atoms with Gasteiger partial charge in [-0.15, -0.1) is 0 Å². The number of rotatable bonds is 7. The van der Waals surface area contributed by atoms with E-state index in [1.807, 2.05) is 0 Å². The van der Waals surface area contributed by atoms with Crippen molar-refractivity contribution in [3.05, 3.63) is 85.8 Å². The molecule has 160 valence electrons. The van der Waals surface area contributed by atoms with Crippen LogP contribution in [0.1, 0.15) is 20.7 Å². The second-order valence-corrected chi connectivity index (χ2v) is 9.77. The van der Waals surface area contributed by atoms with Crippen molar-refractivity contribution in [3.8, 4) is 11.5 Å². The zero-order valence-corrected chi connectivity index (χ0v) is 20.2. The van der Waals surface area contributed by atoms with Crippen LogP contribution in [-0.4, -0.2) is 25.3 Å². The van der Waals surface area contributed by atoms with Crippen LogP contribution in [0.2, 0.25) is 20.1 Å². The molecule has 3 rings (SSSR count). The van der Waals surface area contributed by atoms with Gasteiger partial charge >= 0.3 is 0 Å². The van der Waals surface area contributed by atoms with E-state index >= 15 is 0 Å². The average Bonchev–Trinajstić information content (AvgIpc) is 2.74. The molecule has 0 saturated heterocycles. The molecular formula is C22H15Cl4O4P. The Labute approximate surface area is 200 Å². The smallest absolute Gasteiger partial charge is 0.199 e. The Morgan fingerprint density at radius 1 is 0.710 bits per heavy atom. The summed E-state index contributed by atoms with van der Waals surface area (Å²) in [6, 6.07) is 14.2. The Bertz CT molecular complexity index is 1060. The fourth-order valence-corrected chi connectivity index (χ4v) is 6.46. The third-order valence-electron chi connectivity index (χ3n) is 4.39. The monoisotopic (exact) mass is 514 g/mol. The van der Waals surface area contributed by atoms with Gasteiger partial charge in [-0.1, -0.05) is 58.5 Å². The highest BCUT2D eigenvalue weighted by molar-refractivity contribution is 7.96. The highest BCUT2D eigenvalue weighted by Crippen LogP contribution is 2.49. The zero-order chi connectivity index (χ0) is 22.7. The van der Waals surface area contributed by atoms with Crippen LogP contribution in [0.3, 0.4) is 0 Å². The van der Waals surface area contributed by atoms with Crippen molar-refractivity contribution in [1.29, 1.82) is 0 Å². The summed E-state index contributed by atoms with van der Waals surface area (Å²) in [6.45, 7) is 0. The van der Waals surface area contributed by atoms with Crippen LogP contribution in [0.4, 0.5) is 0 Å². The van der Waals surface area contributed by atoms with Gasteiger partial charge in [-0.05, 0) is 36.4 Å². The molecule has 4 nitrogen and oxygen atoms in total. The van der Waals surface area contributed by atoms with E-state index in [1.54, 1.807) is 30.3 Å². The molecule has 3 aromatic rings. The lowest BCUT2D eigenvalue weighted by Crippen LogP contribution is -2.19. The van der Waals surface area contributed by atoms with Crippen LogP contribution in [0.5, 0.6) is 11.5 Å². The first-order valence-electron chi connectivity index (χ1n) is 8.79.